The molecule has 0 aliphatic heterocycles. The highest BCUT2D eigenvalue weighted by atomic mass is 16.4. The molecule has 8 nitrogen and oxygen atoms in total. The van der Waals surface area contributed by atoms with E-state index in [1.165, 1.54) is 70.6 Å². The first-order chi connectivity index (χ1) is 14.2. The Hall–Kier alpha value is -0.770. The van der Waals surface area contributed by atoms with Gasteiger partial charge in [0.1, 0.15) is 36.6 Å². The van der Waals surface area contributed by atoms with Gasteiger partial charge in [-0.15, -0.1) is 0 Å². The van der Waals surface area contributed by atoms with Crippen molar-refractivity contribution in [3.8, 4) is 0 Å². The lowest BCUT2D eigenvalue weighted by Crippen LogP contribution is -2.63. The average molecular weight is 437 g/mol. The molecule has 0 bridgehead atoms. The highest BCUT2D eigenvalue weighted by Crippen LogP contribution is 2.21. The first-order valence-electron chi connectivity index (χ1n) is 11.5. The van der Waals surface area contributed by atoms with E-state index in [9.17, 15) is 4.79 Å². The van der Waals surface area contributed by atoms with E-state index in [4.69, 9.17) is 35.7 Å². The Morgan fingerprint density at radius 1 is 0.500 bits per heavy atom. The number of hydrogen-bond acceptors (Lipinski definition) is 7. The van der Waals surface area contributed by atoms with Crippen LogP contribution in [0.5, 0.6) is 0 Å². The van der Waals surface area contributed by atoms with Gasteiger partial charge in [-0.05, 0) is 6.42 Å². The molecule has 8 heteroatoms. The van der Waals surface area contributed by atoms with Crippen molar-refractivity contribution in [2.75, 3.05) is 0 Å². The normalized spacial score (nSPS) is 28.6. The molecular weight excluding hydrogens is 392 g/mol. The molecule has 0 amide bonds. The number of carboxylic acids is 1. The number of aliphatic carboxylic acids is 1. The van der Waals surface area contributed by atoms with Crippen LogP contribution in [0.3, 0.4) is 0 Å². The summed E-state index contributed by atoms with van der Waals surface area (Å²) in [5.74, 6) is -0.655. The summed E-state index contributed by atoms with van der Waals surface area (Å²) in [6.07, 6.45) is 7.43. The van der Waals surface area contributed by atoms with Gasteiger partial charge in [-0.3, -0.25) is 4.79 Å². The van der Waals surface area contributed by atoms with Gasteiger partial charge in [-0.25, -0.2) is 0 Å². The quantitative estimate of drug-likeness (QED) is 0.203. The molecule has 180 valence electrons. The predicted molar refractivity (Wildman–Crippen MR) is 114 cm³/mol. The Kier molecular flexibility index (Phi) is 17.4. The van der Waals surface area contributed by atoms with Crippen LogP contribution in [-0.4, -0.2) is 78.3 Å². The van der Waals surface area contributed by atoms with Crippen LogP contribution in [-0.2, 0) is 4.79 Å². The fourth-order valence-corrected chi connectivity index (χ4v) is 3.51. The van der Waals surface area contributed by atoms with E-state index in [2.05, 4.69) is 6.92 Å². The lowest BCUT2D eigenvalue weighted by atomic mass is 9.85. The molecule has 0 saturated heterocycles. The standard InChI is InChI=1S/C16H32O2.C6H12O6/c1-2-3-4-5-6-7-8-9-10-11-12-13-14-15-16(17)18;7-1-2(8)4(10)6(12)5(11)3(1)9/h2-15H2,1H3,(H,17,18);1-12H. The van der Waals surface area contributed by atoms with Crippen molar-refractivity contribution < 1.29 is 40.5 Å². The molecule has 7 N–H and O–H groups in total. The maximum absolute atomic E-state index is 10.3. The van der Waals surface area contributed by atoms with Gasteiger partial charge in [0.15, 0.2) is 0 Å². The van der Waals surface area contributed by atoms with Crippen LogP contribution in [0.15, 0.2) is 0 Å². The molecule has 1 rings (SSSR count). The molecule has 30 heavy (non-hydrogen) atoms. The fourth-order valence-electron chi connectivity index (χ4n) is 3.51. The smallest absolute Gasteiger partial charge is 0.303 e. The summed E-state index contributed by atoms with van der Waals surface area (Å²) in [6.45, 7) is 2.26. The molecule has 0 radical (unpaired) electrons. The van der Waals surface area contributed by atoms with Crippen molar-refractivity contribution in [3.05, 3.63) is 0 Å². The number of aliphatic hydroxyl groups is 6. The fraction of sp³-hybridized carbons (Fsp3) is 0.955. The maximum atomic E-state index is 10.3. The summed E-state index contributed by atoms with van der Waals surface area (Å²) >= 11 is 0. The third kappa shape index (κ3) is 12.8. The van der Waals surface area contributed by atoms with Gasteiger partial charge in [0.05, 0.1) is 0 Å². The van der Waals surface area contributed by atoms with E-state index in [0.717, 1.165) is 12.8 Å². The van der Waals surface area contributed by atoms with E-state index in [1.54, 1.807) is 0 Å². The van der Waals surface area contributed by atoms with Crippen LogP contribution in [0.1, 0.15) is 96.8 Å². The largest absolute Gasteiger partial charge is 0.481 e. The second-order valence-corrected chi connectivity index (χ2v) is 8.33. The van der Waals surface area contributed by atoms with Gasteiger partial charge in [-0.2, -0.15) is 0 Å². The lowest BCUT2D eigenvalue weighted by molar-refractivity contribution is -0.223. The molecule has 0 spiro atoms. The minimum Gasteiger partial charge on any atom is -0.481 e. The monoisotopic (exact) mass is 436 g/mol. The van der Waals surface area contributed by atoms with Gasteiger partial charge in [-0.1, -0.05) is 84.0 Å². The van der Waals surface area contributed by atoms with Crippen molar-refractivity contribution >= 4 is 5.97 Å². The number of rotatable bonds is 14. The molecule has 0 aromatic rings. The van der Waals surface area contributed by atoms with E-state index >= 15 is 0 Å². The average Bonchev–Trinajstić information content (AvgIpc) is 2.73. The van der Waals surface area contributed by atoms with Crippen molar-refractivity contribution in [3.63, 3.8) is 0 Å². The zero-order valence-electron chi connectivity index (χ0n) is 18.4. The first kappa shape index (κ1) is 29.2. The molecule has 1 saturated carbocycles. The minimum atomic E-state index is -1.64. The molecule has 0 atom stereocenters. The van der Waals surface area contributed by atoms with Gasteiger partial charge in [0, 0.05) is 6.42 Å². The maximum Gasteiger partial charge on any atom is 0.303 e. The second-order valence-electron chi connectivity index (χ2n) is 8.33. The summed E-state index contributed by atoms with van der Waals surface area (Å²) in [5, 5.41) is 62.3. The highest BCUT2D eigenvalue weighted by molar-refractivity contribution is 5.66. The molecule has 0 aromatic heterocycles. The third-order valence-corrected chi connectivity index (χ3v) is 5.59. The Bertz CT molecular complexity index is 361. The van der Waals surface area contributed by atoms with Crippen LogP contribution >= 0.6 is 0 Å². The lowest BCUT2D eigenvalue weighted by Gasteiger charge is -2.39. The van der Waals surface area contributed by atoms with Crippen LogP contribution in [0.4, 0.5) is 0 Å². The summed E-state index contributed by atoms with van der Waals surface area (Å²) in [7, 11) is 0. The van der Waals surface area contributed by atoms with Crippen molar-refractivity contribution in [2.24, 2.45) is 0 Å². The summed E-state index contributed by atoms with van der Waals surface area (Å²) in [5.41, 5.74) is 0. The Labute approximate surface area is 180 Å². The molecular formula is C22H44O8. The Balaban J connectivity index is 0.000000604. The van der Waals surface area contributed by atoms with Crippen LogP contribution in [0.2, 0.25) is 0 Å². The zero-order chi connectivity index (χ0) is 22.9. The summed E-state index contributed by atoms with van der Waals surface area (Å²) < 4.78 is 0. The third-order valence-electron chi connectivity index (χ3n) is 5.59. The van der Waals surface area contributed by atoms with Crippen molar-refractivity contribution in [2.45, 2.75) is 133 Å². The van der Waals surface area contributed by atoms with E-state index in [-0.39, 0.29) is 0 Å². The topological polar surface area (TPSA) is 159 Å². The van der Waals surface area contributed by atoms with Gasteiger partial charge in [0.25, 0.3) is 0 Å². The number of carboxylic acid groups (broad SMARTS) is 1. The van der Waals surface area contributed by atoms with Gasteiger partial charge < -0.3 is 35.7 Å². The molecule has 1 aliphatic rings. The Morgan fingerprint density at radius 3 is 0.967 bits per heavy atom. The van der Waals surface area contributed by atoms with E-state index in [1.807, 2.05) is 0 Å². The summed E-state index contributed by atoms with van der Waals surface area (Å²) in [4.78, 5) is 10.3. The van der Waals surface area contributed by atoms with Gasteiger partial charge >= 0.3 is 5.97 Å². The van der Waals surface area contributed by atoms with Crippen LogP contribution < -0.4 is 0 Å². The van der Waals surface area contributed by atoms with Gasteiger partial charge in [0.2, 0.25) is 0 Å². The van der Waals surface area contributed by atoms with E-state index < -0.39 is 42.6 Å². The molecule has 1 fully saturated rings. The summed E-state index contributed by atoms with van der Waals surface area (Å²) in [6, 6.07) is 0. The second kappa shape index (κ2) is 17.9. The predicted octanol–water partition coefficient (Wildman–Crippen LogP) is 1.72. The molecule has 1 aliphatic carbocycles. The zero-order valence-corrected chi connectivity index (χ0v) is 18.4. The van der Waals surface area contributed by atoms with Crippen molar-refractivity contribution in [1.82, 2.24) is 0 Å². The minimum absolute atomic E-state index is 0.345. The van der Waals surface area contributed by atoms with Crippen molar-refractivity contribution in [1.29, 1.82) is 0 Å². The number of aliphatic hydroxyl groups excluding tert-OH is 6. The van der Waals surface area contributed by atoms with Crippen LogP contribution in [0.25, 0.3) is 0 Å². The number of carbonyl (C=O) groups is 1. The highest BCUT2D eigenvalue weighted by Gasteiger charge is 2.47. The first-order valence-corrected chi connectivity index (χ1v) is 11.5. The number of hydrogen-bond donors (Lipinski definition) is 7. The number of unbranched alkanes of at least 4 members (excludes halogenated alkanes) is 12. The Morgan fingerprint density at radius 2 is 0.733 bits per heavy atom. The van der Waals surface area contributed by atoms with Crippen LogP contribution in [0, 0.1) is 0 Å². The van der Waals surface area contributed by atoms with E-state index in [0.29, 0.717) is 6.42 Å². The molecule has 0 unspecified atom stereocenters. The molecule has 0 aromatic carbocycles. The molecule has 0 heterocycles. The SMILES string of the molecule is CCCCCCCCCCCCCCCC(=O)O.OC1C(O)C(O)C(O)C(O)C1O.